The van der Waals surface area contributed by atoms with Gasteiger partial charge >= 0.3 is 0 Å². The van der Waals surface area contributed by atoms with Gasteiger partial charge in [0.05, 0.1) is 13.1 Å². The van der Waals surface area contributed by atoms with Crippen LogP contribution in [0.4, 0.5) is 0 Å². The van der Waals surface area contributed by atoms with Gasteiger partial charge < -0.3 is 4.90 Å². The zero-order valence-electron chi connectivity index (χ0n) is 15.2. The molecule has 3 saturated heterocycles. The van der Waals surface area contributed by atoms with Crippen LogP contribution in [0.5, 0.6) is 0 Å². The van der Waals surface area contributed by atoms with Crippen LogP contribution in [0, 0.1) is 5.92 Å². The molecule has 2 bridgehead atoms. The summed E-state index contributed by atoms with van der Waals surface area (Å²) < 4.78 is 2.56. The van der Waals surface area contributed by atoms with Crippen molar-refractivity contribution in [2.45, 2.75) is 83.5 Å². The molecule has 3 aliphatic rings. The van der Waals surface area contributed by atoms with Crippen LogP contribution in [-0.4, -0.2) is 70.9 Å². The maximum absolute atomic E-state index is 4.55. The van der Waals surface area contributed by atoms with Crippen molar-refractivity contribution in [3.63, 3.8) is 0 Å². The molecule has 0 aromatic heterocycles. The molecular weight excluding hydrogens is 270 g/mol. The summed E-state index contributed by atoms with van der Waals surface area (Å²) in [6, 6.07) is 2.03. The van der Waals surface area contributed by atoms with E-state index in [1.807, 2.05) is 0 Å². The first-order valence-electron chi connectivity index (χ1n) is 9.52. The minimum atomic E-state index is 0.338. The Bertz CT molecular complexity index is 417. The van der Waals surface area contributed by atoms with Crippen LogP contribution in [0.25, 0.3) is 0 Å². The standard InChI is InChI=1S/C19H36N3/c1-15(2)21-11-7-6-8-17(12-21)19-10-9-18(20(19)5)13-22(14-19)16(3)4/h15-18H,5-14H2,1-4H3/q+1. The lowest BCUT2D eigenvalue weighted by atomic mass is 9.78. The van der Waals surface area contributed by atoms with E-state index in [1.165, 1.54) is 58.3 Å². The Balaban J connectivity index is 1.84. The molecule has 3 atom stereocenters. The first kappa shape index (κ1) is 16.4. The second-order valence-corrected chi connectivity index (χ2v) is 8.57. The van der Waals surface area contributed by atoms with Crippen LogP contribution < -0.4 is 0 Å². The molecule has 3 heteroatoms. The van der Waals surface area contributed by atoms with E-state index >= 15 is 0 Å². The largest absolute Gasteiger partial charge is 0.300 e. The van der Waals surface area contributed by atoms with E-state index in [-0.39, 0.29) is 0 Å². The van der Waals surface area contributed by atoms with Crippen LogP contribution in [0.15, 0.2) is 0 Å². The molecule has 3 unspecified atom stereocenters. The third-order valence-electron chi connectivity index (χ3n) is 6.77. The topological polar surface area (TPSA) is 9.49 Å². The maximum atomic E-state index is 4.55. The zero-order chi connectivity index (χ0) is 15.9. The van der Waals surface area contributed by atoms with Crippen molar-refractivity contribution in [2.75, 3.05) is 26.2 Å². The number of hydrogen-bond acceptors (Lipinski definition) is 2. The predicted octanol–water partition coefficient (Wildman–Crippen LogP) is 2.84. The van der Waals surface area contributed by atoms with Gasteiger partial charge in [-0.05, 0) is 47.1 Å². The molecule has 0 spiro atoms. The molecule has 3 heterocycles. The lowest BCUT2D eigenvalue weighted by Crippen LogP contribution is -2.62. The van der Waals surface area contributed by atoms with Crippen molar-refractivity contribution < 1.29 is 4.58 Å². The number of piperazine rings is 1. The van der Waals surface area contributed by atoms with Gasteiger partial charge in [-0.3, -0.25) is 4.90 Å². The average molecular weight is 307 g/mol. The van der Waals surface area contributed by atoms with Gasteiger partial charge in [0.2, 0.25) is 0 Å². The van der Waals surface area contributed by atoms with E-state index in [2.05, 4.69) is 48.8 Å². The minimum absolute atomic E-state index is 0.338. The minimum Gasteiger partial charge on any atom is -0.300 e. The molecule has 0 amide bonds. The van der Waals surface area contributed by atoms with Crippen molar-refractivity contribution >= 4 is 6.72 Å². The fourth-order valence-electron chi connectivity index (χ4n) is 5.17. The van der Waals surface area contributed by atoms with Gasteiger partial charge in [-0.2, -0.15) is 0 Å². The van der Waals surface area contributed by atoms with Crippen molar-refractivity contribution in [2.24, 2.45) is 5.92 Å². The van der Waals surface area contributed by atoms with Crippen LogP contribution in [-0.2, 0) is 0 Å². The van der Waals surface area contributed by atoms with Gasteiger partial charge in [-0.15, -0.1) is 0 Å². The van der Waals surface area contributed by atoms with Crippen molar-refractivity contribution in [3.8, 4) is 0 Å². The monoisotopic (exact) mass is 306 g/mol. The molecule has 22 heavy (non-hydrogen) atoms. The number of hydrogen-bond donors (Lipinski definition) is 0. The highest BCUT2D eigenvalue weighted by molar-refractivity contribution is 5.19. The molecule has 3 aliphatic heterocycles. The van der Waals surface area contributed by atoms with Gasteiger partial charge in [-0.1, -0.05) is 6.42 Å². The van der Waals surface area contributed by atoms with Gasteiger partial charge in [0.1, 0.15) is 6.72 Å². The van der Waals surface area contributed by atoms with E-state index in [9.17, 15) is 0 Å². The highest BCUT2D eigenvalue weighted by atomic mass is 15.3. The summed E-state index contributed by atoms with van der Waals surface area (Å²) in [5.41, 5.74) is 0.338. The number of nitrogens with zero attached hydrogens (tertiary/aromatic N) is 3. The van der Waals surface area contributed by atoms with E-state index in [0.29, 0.717) is 23.7 Å². The molecule has 3 nitrogen and oxygen atoms in total. The normalized spacial score (nSPS) is 38.0. The highest BCUT2D eigenvalue weighted by Gasteiger charge is 2.59. The number of rotatable bonds is 3. The number of fused-ring (bicyclic) bond motifs is 2. The molecular formula is C19H36N3+. The highest BCUT2D eigenvalue weighted by Crippen LogP contribution is 2.43. The Morgan fingerprint density at radius 2 is 1.73 bits per heavy atom. The van der Waals surface area contributed by atoms with Crippen LogP contribution in [0.3, 0.4) is 0 Å². The quantitative estimate of drug-likeness (QED) is 0.742. The van der Waals surface area contributed by atoms with E-state index < -0.39 is 0 Å². The summed E-state index contributed by atoms with van der Waals surface area (Å²) in [6.45, 7) is 19.0. The molecule has 3 fully saturated rings. The van der Waals surface area contributed by atoms with Crippen LogP contribution in [0.2, 0.25) is 0 Å². The summed E-state index contributed by atoms with van der Waals surface area (Å²) in [7, 11) is 0. The lowest BCUT2D eigenvalue weighted by Gasteiger charge is -2.44. The SMILES string of the molecule is C=[N+]1C2CCC1(C1CCCCN(C(C)C)C1)CN(C(C)C)C2. The molecule has 0 saturated carbocycles. The summed E-state index contributed by atoms with van der Waals surface area (Å²) in [4.78, 5) is 5.45. The predicted molar refractivity (Wildman–Crippen MR) is 93.9 cm³/mol. The van der Waals surface area contributed by atoms with E-state index in [1.54, 1.807) is 0 Å². The van der Waals surface area contributed by atoms with Crippen molar-refractivity contribution in [3.05, 3.63) is 0 Å². The van der Waals surface area contributed by atoms with E-state index in [0.717, 1.165) is 5.92 Å². The summed E-state index contributed by atoms with van der Waals surface area (Å²) in [5, 5.41) is 0. The second-order valence-electron chi connectivity index (χ2n) is 8.57. The van der Waals surface area contributed by atoms with Gasteiger partial charge in [0.25, 0.3) is 0 Å². The van der Waals surface area contributed by atoms with Gasteiger partial charge in [0, 0.05) is 37.4 Å². The smallest absolute Gasteiger partial charge is 0.178 e. The second kappa shape index (κ2) is 6.24. The fraction of sp³-hybridized carbons (Fsp3) is 0.947. The lowest BCUT2D eigenvalue weighted by molar-refractivity contribution is -0.633. The average Bonchev–Trinajstić information content (AvgIpc) is 2.72. The Labute approximate surface area is 137 Å². The Kier molecular flexibility index (Phi) is 4.66. The summed E-state index contributed by atoms with van der Waals surface area (Å²) in [6.07, 6.45) is 6.88. The molecule has 0 aliphatic carbocycles. The van der Waals surface area contributed by atoms with Crippen LogP contribution >= 0.6 is 0 Å². The zero-order valence-corrected chi connectivity index (χ0v) is 15.2. The molecule has 0 aromatic carbocycles. The Morgan fingerprint density at radius 3 is 2.41 bits per heavy atom. The Morgan fingerprint density at radius 1 is 1.00 bits per heavy atom. The van der Waals surface area contributed by atoms with E-state index in [4.69, 9.17) is 0 Å². The van der Waals surface area contributed by atoms with Gasteiger partial charge in [-0.25, -0.2) is 4.58 Å². The first-order chi connectivity index (χ1) is 10.4. The van der Waals surface area contributed by atoms with Crippen LogP contribution in [0.1, 0.15) is 59.8 Å². The third-order valence-corrected chi connectivity index (χ3v) is 6.77. The first-order valence-corrected chi connectivity index (χ1v) is 9.52. The fourth-order valence-corrected chi connectivity index (χ4v) is 5.17. The Hall–Kier alpha value is -0.410. The molecule has 3 rings (SSSR count). The summed E-state index contributed by atoms with van der Waals surface area (Å²) in [5.74, 6) is 0.793. The van der Waals surface area contributed by atoms with Crippen molar-refractivity contribution in [1.29, 1.82) is 0 Å². The molecule has 0 radical (unpaired) electrons. The molecule has 126 valence electrons. The molecule has 0 aromatic rings. The summed E-state index contributed by atoms with van der Waals surface area (Å²) >= 11 is 0. The number of likely N-dealkylation sites (tertiary alicyclic amines) is 2. The maximum Gasteiger partial charge on any atom is 0.178 e. The van der Waals surface area contributed by atoms with Crippen molar-refractivity contribution in [1.82, 2.24) is 9.80 Å². The van der Waals surface area contributed by atoms with Gasteiger partial charge in [0.15, 0.2) is 11.6 Å². The third kappa shape index (κ3) is 2.75. The molecule has 0 N–H and O–H groups in total.